The van der Waals surface area contributed by atoms with E-state index in [1.54, 1.807) is 0 Å². The zero-order chi connectivity index (χ0) is 13.9. The van der Waals surface area contributed by atoms with Crippen molar-refractivity contribution in [3.05, 3.63) is 29.6 Å². The predicted molar refractivity (Wildman–Crippen MR) is 51.9 cm³/mol. The fourth-order valence-corrected chi connectivity index (χ4v) is 1.14. The van der Waals surface area contributed by atoms with Crippen LogP contribution in [0, 0.1) is 5.82 Å². The molecule has 18 heavy (non-hydrogen) atoms. The highest BCUT2D eigenvalue weighted by Gasteiger charge is 2.31. The first-order valence-corrected chi connectivity index (χ1v) is 4.78. The summed E-state index contributed by atoms with van der Waals surface area (Å²) in [7, 11) is 0. The largest absolute Gasteiger partial charge is 0.416 e. The molecule has 0 saturated heterocycles. The van der Waals surface area contributed by atoms with Crippen molar-refractivity contribution in [2.75, 3.05) is 11.9 Å². The number of halogens is 6. The van der Waals surface area contributed by atoms with E-state index in [1.165, 1.54) is 0 Å². The van der Waals surface area contributed by atoms with Crippen molar-refractivity contribution in [1.29, 1.82) is 0 Å². The number of alkyl halides is 5. The third-order valence-electron chi connectivity index (χ3n) is 2.09. The molecule has 1 unspecified atom stereocenters. The number of benzene rings is 1. The topological polar surface area (TPSA) is 32.3 Å². The van der Waals surface area contributed by atoms with Gasteiger partial charge >= 0.3 is 6.18 Å². The summed E-state index contributed by atoms with van der Waals surface area (Å²) < 4.78 is 73.6. The lowest BCUT2D eigenvalue weighted by atomic mass is 10.2. The molecule has 1 aromatic rings. The molecule has 0 heterocycles. The van der Waals surface area contributed by atoms with Crippen LogP contribution in [-0.2, 0) is 6.18 Å². The smallest absolute Gasteiger partial charge is 0.385 e. The van der Waals surface area contributed by atoms with E-state index in [9.17, 15) is 26.3 Å². The first-order chi connectivity index (χ1) is 8.21. The molecular formula is C10H9F6NO. The molecule has 8 heteroatoms. The lowest BCUT2D eigenvalue weighted by Gasteiger charge is -2.13. The molecule has 0 aliphatic heterocycles. The van der Waals surface area contributed by atoms with Crippen LogP contribution in [0.25, 0.3) is 0 Å². The van der Waals surface area contributed by atoms with Gasteiger partial charge in [-0.3, -0.25) is 0 Å². The normalized spacial score (nSPS) is 13.8. The van der Waals surface area contributed by atoms with E-state index in [0.717, 1.165) is 6.07 Å². The number of hydrogen-bond donors (Lipinski definition) is 2. The van der Waals surface area contributed by atoms with Gasteiger partial charge in [0.05, 0.1) is 11.3 Å². The Hall–Kier alpha value is -1.44. The van der Waals surface area contributed by atoms with Crippen molar-refractivity contribution >= 4 is 5.69 Å². The molecule has 1 atom stereocenters. The molecule has 0 fully saturated rings. The van der Waals surface area contributed by atoms with Gasteiger partial charge in [0.1, 0.15) is 11.9 Å². The predicted octanol–water partition coefficient (Wildman–Crippen LogP) is 2.88. The summed E-state index contributed by atoms with van der Waals surface area (Å²) in [6, 6.07) is 1.63. The highest BCUT2D eigenvalue weighted by Crippen LogP contribution is 2.31. The summed E-state index contributed by atoms with van der Waals surface area (Å²) in [6.07, 6.45) is -9.72. The number of rotatable bonds is 4. The highest BCUT2D eigenvalue weighted by atomic mass is 19.4. The minimum Gasteiger partial charge on any atom is -0.385 e. The molecule has 2 N–H and O–H groups in total. The minimum atomic E-state index is -4.68. The molecular weight excluding hydrogens is 264 g/mol. The van der Waals surface area contributed by atoms with Crippen molar-refractivity contribution in [2.24, 2.45) is 0 Å². The molecule has 1 rings (SSSR count). The first kappa shape index (κ1) is 14.6. The van der Waals surface area contributed by atoms with Gasteiger partial charge in [-0.2, -0.15) is 13.2 Å². The molecule has 0 aliphatic rings. The maximum atomic E-state index is 13.2. The van der Waals surface area contributed by atoms with Crippen molar-refractivity contribution in [1.82, 2.24) is 0 Å². The van der Waals surface area contributed by atoms with Crippen molar-refractivity contribution in [2.45, 2.75) is 18.7 Å². The van der Waals surface area contributed by atoms with Gasteiger partial charge in [0, 0.05) is 6.54 Å². The lowest BCUT2D eigenvalue weighted by Crippen LogP contribution is -2.27. The molecule has 0 amide bonds. The van der Waals surface area contributed by atoms with Crippen LogP contribution in [0.1, 0.15) is 5.56 Å². The van der Waals surface area contributed by atoms with Gasteiger partial charge in [-0.05, 0) is 18.2 Å². The third-order valence-corrected chi connectivity index (χ3v) is 2.09. The van der Waals surface area contributed by atoms with Crippen LogP contribution >= 0.6 is 0 Å². The SMILES string of the molecule is OC(CNc1ccc(C(F)(F)F)cc1F)C(F)F. The van der Waals surface area contributed by atoms with Crippen LogP contribution in [0.5, 0.6) is 0 Å². The maximum Gasteiger partial charge on any atom is 0.416 e. The fraction of sp³-hybridized carbons (Fsp3) is 0.400. The number of aliphatic hydroxyl groups excluding tert-OH is 1. The summed E-state index contributed by atoms with van der Waals surface area (Å²) in [4.78, 5) is 0. The molecule has 2 nitrogen and oxygen atoms in total. The molecule has 1 aromatic carbocycles. The van der Waals surface area contributed by atoms with Crippen molar-refractivity contribution in [3.63, 3.8) is 0 Å². The Kier molecular flexibility index (Phi) is 4.44. The Labute approximate surface area is 98.2 Å². The van der Waals surface area contributed by atoms with Crippen LogP contribution in [0.15, 0.2) is 18.2 Å². The van der Waals surface area contributed by atoms with Crippen LogP contribution < -0.4 is 5.32 Å². The van der Waals surface area contributed by atoms with Gasteiger partial charge < -0.3 is 10.4 Å². The van der Waals surface area contributed by atoms with Gasteiger partial charge in [0.15, 0.2) is 0 Å². The van der Waals surface area contributed by atoms with Gasteiger partial charge in [0.2, 0.25) is 0 Å². The van der Waals surface area contributed by atoms with Crippen molar-refractivity contribution < 1.29 is 31.4 Å². The van der Waals surface area contributed by atoms with E-state index < -0.39 is 36.6 Å². The van der Waals surface area contributed by atoms with Crippen molar-refractivity contribution in [3.8, 4) is 0 Å². The van der Waals surface area contributed by atoms with Crippen LogP contribution in [0.2, 0.25) is 0 Å². The Bertz CT molecular complexity index is 406. The standard InChI is InChI=1S/C10H9F6NO/c11-6-3-5(10(14,15)16)1-2-7(6)17-4-8(18)9(12)13/h1-3,8-9,17-18H,4H2. The zero-order valence-electron chi connectivity index (χ0n) is 8.81. The zero-order valence-corrected chi connectivity index (χ0v) is 8.81. The summed E-state index contributed by atoms with van der Waals surface area (Å²) in [6.45, 7) is -0.667. The Morgan fingerprint density at radius 1 is 1.22 bits per heavy atom. The van der Waals surface area contributed by atoms with E-state index in [-0.39, 0.29) is 11.8 Å². The van der Waals surface area contributed by atoms with E-state index in [2.05, 4.69) is 5.32 Å². The Balaban J connectivity index is 2.75. The minimum absolute atomic E-state index is 0.247. The molecule has 0 aromatic heterocycles. The van der Waals surface area contributed by atoms with Crippen LogP contribution in [0.4, 0.5) is 32.0 Å². The number of anilines is 1. The summed E-state index contributed by atoms with van der Waals surface area (Å²) in [5.74, 6) is -1.23. The van der Waals surface area contributed by atoms with Crippen LogP contribution in [0.3, 0.4) is 0 Å². The molecule has 0 bridgehead atoms. The van der Waals surface area contributed by atoms with E-state index in [0.29, 0.717) is 6.07 Å². The number of hydrogen-bond acceptors (Lipinski definition) is 2. The second-order valence-corrected chi connectivity index (χ2v) is 3.48. The summed E-state index contributed by atoms with van der Waals surface area (Å²) in [5.41, 5.74) is -1.57. The molecule has 102 valence electrons. The molecule has 0 spiro atoms. The summed E-state index contributed by atoms with van der Waals surface area (Å²) in [5, 5.41) is 10.8. The van der Waals surface area contributed by atoms with E-state index in [1.807, 2.05) is 0 Å². The number of aliphatic hydroxyl groups is 1. The monoisotopic (exact) mass is 273 g/mol. The molecule has 0 saturated carbocycles. The average molecular weight is 273 g/mol. The Morgan fingerprint density at radius 2 is 1.83 bits per heavy atom. The van der Waals surface area contributed by atoms with Gasteiger partial charge in [0.25, 0.3) is 6.43 Å². The number of nitrogens with one attached hydrogen (secondary N) is 1. The molecule has 0 radical (unpaired) electrons. The Morgan fingerprint density at radius 3 is 2.28 bits per heavy atom. The van der Waals surface area contributed by atoms with Gasteiger partial charge in [-0.25, -0.2) is 13.2 Å². The fourth-order valence-electron chi connectivity index (χ4n) is 1.14. The van der Waals surface area contributed by atoms with E-state index in [4.69, 9.17) is 5.11 Å². The maximum absolute atomic E-state index is 13.2. The quantitative estimate of drug-likeness (QED) is 0.827. The van der Waals surface area contributed by atoms with Gasteiger partial charge in [-0.15, -0.1) is 0 Å². The summed E-state index contributed by atoms with van der Waals surface area (Å²) >= 11 is 0. The van der Waals surface area contributed by atoms with Gasteiger partial charge in [-0.1, -0.05) is 0 Å². The second-order valence-electron chi connectivity index (χ2n) is 3.48. The second kappa shape index (κ2) is 5.47. The van der Waals surface area contributed by atoms with E-state index >= 15 is 0 Å². The average Bonchev–Trinajstić information content (AvgIpc) is 2.25. The highest BCUT2D eigenvalue weighted by molar-refractivity contribution is 5.46. The lowest BCUT2D eigenvalue weighted by molar-refractivity contribution is -0.137. The molecule has 0 aliphatic carbocycles. The first-order valence-electron chi connectivity index (χ1n) is 4.78. The third kappa shape index (κ3) is 3.80. The van der Waals surface area contributed by atoms with Crippen LogP contribution in [-0.4, -0.2) is 24.2 Å².